The SMILES string of the molecule is COC(=O)NC1CCN(S(=O)(=O)CCC2CCCCN2)C1. The molecule has 2 unspecified atom stereocenters. The Morgan fingerprint density at radius 3 is 2.86 bits per heavy atom. The average molecular weight is 319 g/mol. The van der Waals surface area contributed by atoms with E-state index in [0.29, 0.717) is 32.0 Å². The summed E-state index contributed by atoms with van der Waals surface area (Å²) in [4.78, 5) is 11.1. The number of carbonyl (C=O) groups is 1. The number of nitrogens with zero attached hydrogens (tertiary/aromatic N) is 1. The van der Waals surface area contributed by atoms with Gasteiger partial charge in [-0.2, -0.15) is 4.31 Å². The van der Waals surface area contributed by atoms with Crippen LogP contribution in [0.4, 0.5) is 4.79 Å². The molecule has 2 aliphatic rings. The second kappa shape index (κ2) is 7.42. The molecule has 0 radical (unpaired) electrons. The molecule has 0 spiro atoms. The molecule has 0 aromatic rings. The van der Waals surface area contributed by atoms with E-state index in [9.17, 15) is 13.2 Å². The average Bonchev–Trinajstić information content (AvgIpc) is 2.95. The third-order valence-corrected chi connectivity index (χ3v) is 6.06. The van der Waals surface area contributed by atoms with Gasteiger partial charge in [0.15, 0.2) is 0 Å². The molecule has 1 amide bonds. The minimum absolute atomic E-state index is 0.153. The van der Waals surface area contributed by atoms with Crippen molar-refractivity contribution in [2.45, 2.75) is 44.2 Å². The van der Waals surface area contributed by atoms with Crippen LogP contribution in [0.3, 0.4) is 0 Å². The van der Waals surface area contributed by atoms with E-state index in [4.69, 9.17) is 0 Å². The van der Waals surface area contributed by atoms with Crippen molar-refractivity contribution in [3.8, 4) is 0 Å². The molecule has 2 heterocycles. The second-order valence-corrected chi connectivity index (χ2v) is 7.82. The number of nitrogens with one attached hydrogen (secondary N) is 2. The fourth-order valence-electron chi connectivity index (χ4n) is 2.91. The lowest BCUT2D eigenvalue weighted by Crippen LogP contribution is -2.40. The standard InChI is InChI=1S/C13H25N3O4S/c1-20-13(17)15-12-5-8-16(10-12)21(18,19)9-6-11-4-2-3-7-14-11/h11-12,14H,2-10H2,1H3,(H,15,17). The third kappa shape index (κ3) is 4.82. The van der Waals surface area contributed by atoms with Gasteiger partial charge in [-0.15, -0.1) is 0 Å². The Morgan fingerprint density at radius 1 is 1.38 bits per heavy atom. The first-order valence-electron chi connectivity index (χ1n) is 7.57. The summed E-state index contributed by atoms with van der Waals surface area (Å²) in [6.45, 7) is 1.80. The number of rotatable bonds is 5. The van der Waals surface area contributed by atoms with E-state index in [0.717, 1.165) is 13.0 Å². The maximum atomic E-state index is 12.3. The smallest absolute Gasteiger partial charge is 0.407 e. The molecule has 2 N–H and O–H groups in total. The van der Waals surface area contributed by atoms with Crippen molar-refractivity contribution in [3.63, 3.8) is 0 Å². The number of hydrogen-bond acceptors (Lipinski definition) is 5. The lowest BCUT2D eigenvalue weighted by Gasteiger charge is -2.24. The van der Waals surface area contributed by atoms with Gasteiger partial charge in [-0.1, -0.05) is 6.42 Å². The van der Waals surface area contributed by atoms with Crippen LogP contribution < -0.4 is 10.6 Å². The number of methoxy groups -OCH3 is 1. The number of hydrogen-bond donors (Lipinski definition) is 2. The van der Waals surface area contributed by atoms with Crippen LogP contribution >= 0.6 is 0 Å². The fourth-order valence-corrected chi connectivity index (χ4v) is 4.55. The van der Waals surface area contributed by atoms with Crippen LogP contribution in [0, 0.1) is 0 Å². The summed E-state index contributed by atoms with van der Waals surface area (Å²) in [5.74, 6) is 0.176. The van der Waals surface area contributed by atoms with Crippen molar-refractivity contribution in [1.82, 2.24) is 14.9 Å². The van der Waals surface area contributed by atoms with Gasteiger partial charge in [-0.3, -0.25) is 0 Å². The zero-order chi connectivity index (χ0) is 15.3. The molecule has 7 nitrogen and oxygen atoms in total. The summed E-state index contributed by atoms with van der Waals surface area (Å²) in [7, 11) is -1.93. The van der Waals surface area contributed by atoms with Crippen molar-refractivity contribution in [2.75, 3.05) is 32.5 Å². The van der Waals surface area contributed by atoms with E-state index in [1.807, 2.05) is 0 Å². The summed E-state index contributed by atoms with van der Waals surface area (Å²) in [6, 6.07) is 0.167. The van der Waals surface area contributed by atoms with Gasteiger partial charge in [0, 0.05) is 25.2 Å². The highest BCUT2D eigenvalue weighted by Gasteiger charge is 2.32. The summed E-state index contributed by atoms with van der Waals surface area (Å²) >= 11 is 0. The first-order valence-corrected chi connectivity index (χ1v) is 9.18. The second-order valence-electron chi connectivity index (χ2n) is 5.73. The molecule has 0 saturated carbocycles. The monoisotopic (exact) mass is 319 g/mol. The molecule has 21 heavy (non-hydrogen) atoms. The lowest BCUT2D eigenvalue weighted by atomic mass is 10.0. The van der Waals surface area contributed by atoms with Crippen molar-refractivity contribution in [3.05, 3.63) is 0 Å². The van der Waals surface area contributed by atoms with Gasteiger partial charge in [0.1, 0.15) is 0 Å². The number of carbonyl (C=O) groups excluding carboxylic acids is 1. The molecule has 2 saturated heterocycles. The predicted molar refractivity (Wildman–Crippen MR) is 79.6 cm³/mol. The molecule has 122 valence electrons. The molecule has 2 rings (SSSR count). The molecule has 2 atom stereocenters. The molecule has 0 aromatic heterocycles. The van der Waals surface area contributed by atoms with Gasteiger partial charge in [0.25, 0.3) is 0 Å². The topological polar surface area (TPSA) is 87.7 Å². The van der Waals surface area contributed by atoms with Crippen LogP contribution in [0.15, 0.2) is 0 Å². The number of amides is 1. The third-order valence-electron chi connectivity index (χ3n) is 4.19. The molecule has 8 heteroatoms. The molecular formula is C13H25N3O4S. The predicted octanol–water partition coefficient (Wildman–Crippen LogP) is 0.279. The van der Waals surface area contributed by atoms with Crippen LogP contribution in [0.2, 0.25) is 0 Å². The molecular weight excluding hydrogens is 294 g/mol. The van der Waals surface area contributed by atoms with Crippen molar-refractivity contribution in [1.29, 1.82) is 0 Å². The Morgan fingerprint density at radius 2 is 2.19 bits per heavy atom. The summed E-state index contributed by atoms with van der Waals surface area (Å²) < 4.78 is 30.7. The molecule has 0 aromatic carbocycles. The van der Waals surface area contributed by atoms with E-state index in [2.05, 4.69) is 15.4 Å². The van der Waals surface area contributed by atoms with Crippen LogP contribution in [0.25, 0.3) is 0 Å². The van der Waals surface area contributed by atoms with Crippen LogP contribution in [-0.4, -0.2) is 63.4 Å². The largest absolute Gasteiger partial charge is 0.453 e. The van der Waals surface area contributed by atoms with E-state index in [1.165, 1.54) is 24.3 Å². The van der Waals surface area contributed by atoms with Gasteiger partial charge in [0.05, 0.1) is 12.9 Å². The van der Waals surface area contributed by atoms with E-state index in [-0.39, 0.29) is 11.8 Å². The van der Waals surface area contributed by atoms with Gasteiger partial charge in [-0.05, 0) is 32.2 Å². The van der Waals surface area contributed by atoms with Crippen molar-refractivity contribution < 1.29 is 17.9 Å². The van der Waals surface area contributed by atoms with Gasteiger partial charge in [-0.25, -0.2) is 13.2 Å². The van der Waals surface area contributed by atoms with Gasteiger partial charge < -0.3 is 15.4 Å². The number of alkyl carbamates (subject to hydrolysis) is 1. The first kappa shape index (κ1) is 16.5. The van der Waals surface area contributed by atoms with E-state index in [1.54, 1.807) is 0 Å². The normalized spacial score (nSPS) is 27.5. The van der Waals surface area contributed by atoms with E-state index >= 15 is 0 Å². The molecule has 0 aliphatic carbocycles. The first-order chi connectivity index (χ1) is 10.0. The maximum Gasteiger partial charge on any atom is 0.407 e. The minimum atomic E-state index is -3.23. The quantitative estimate of drug-likeness (QED) is 0.760. The van der Waals surface area contributed by atoms with E-state index < -0.39 is 16.1 Å². The molecule has 2 fully saturated rings. The summed E-state index contributed by atoms with van der Waals surface area (Å²) in [5.41, 5.74) is 0. The number of ether oxygens (including phenoxy) is 1. The zero-order valence-corrected chi connectivity index (χ0v) is 13.3. The Bertz CT molecular complexity index is 448. The summed E-state index contributed by atoms with van der Waals surface area (Å²) in [5, 5.41) is 6.02. The van der Waals surface area contributed by atoms with Crippen LogP contribution in [0.1, 0.15) is 32.1 Å². The minimum Gasteiger partial charge on any atom is -0.453 e. The lowest BCUT2D eigenvalue weighted by molar-refractivity contribution is 0.167. The Kier molecular flexibility index (Phi) is 5.83. The summed E-state index contributed by atoms with van der Waals surface area (Å²) in [6.07, 6.45) is 4.19. The Labute approximate surface area is 126 Å². The Balaban J connectivity index is 1.78. The Hall–Kier alpha value is -0.860. The molecule has 0 bridgehead atoms. The number of piperidine rings is 1. The highest BCUT2D eigenvalue weighted by molar-refractivity contribution is 7.89. The fraction of sp³-hybridized carbons (Fsp3) is 0.923. The van der Waals surface area contributed by atoms with Crippen molar-refractivity contribution >= 4 is 16.1 Å². The van der Waals surface area contributed by atoms with Gasteiger partial charge in [0.2, 0.25) is 10.0 Å². The van der Waals surface area contributed by atoms with Crippen molar-refractivity contribution in [2.24, 2.45) is 0 Å². The van der Waals surface area contributed by atoms with Gasteiger partial charge >= 0.3 is 6.09 Å². The van der Waals surface area contributed by atoms with Crippen LogP contribution in [0.5, 0.6) is 0 Å². The maximum absolute atomic E-state index is 12.3. The van der Waals surface area contributed by atoms with Crippen LogP contribution in [-0.2, 0) is 14.8 Å². The number of sulfonamides is 1. The zero-order valence-electron chi connectivity index (χ0n) is 12.5. The molecule has 2 aliphatic heterocycles. The highest BCUT2D eigenvalue weighted by atomic mass is 32.2. The highest BCUT2D eigenvalue weighted by Crippen LogP contribution is 2.17.